The second-order valence-corrected chi connectivity index (χ2v) is 5.71. The molecule has 6 nitrogen and oxygen atoms in total. The fourth-order valence-electron chi connectivity index (χ4n) is 2.39. The highest BCUT2D eigenvalue weighted by molar-refractivity contribution is 5.23. The van der Waals surface area contributed by atoms with Crippen LogP contribution >= 0.6 is 0 Å². The Balaban J connectivity index is 1.62. The molecule has 23 heavy (non-hydrogen) atoms. The summed E-state index contributed by atoms with van der Waals surface area (Å²) in [5, 5.41) is 3.32. The van der Waals surface area contributed by atoms with Gasteiger partial charge in [-0.25, -0.2) is 4.98 Å². The molecule has 1 saturated heterocycles. The van der Waals surface area contributed by atoms with Crippen molar-refractivity contribution in [2.75, 3.05) is 40.0 Å². The number of piperidine rings is 1. The van der Waals surface area contributed by atoms with E-state index in [-0.39, 0.29) is 12.2 Å². The van der Waals surface area contributed by atoms with Gasteiger partial charge < -0.3 is 24.3 Å². The number of pyridine rings is 1. The standard InChI is InChI=1S/C17H28N2O4/c1-14(7-10-20-2)21-11-12-22-17-4-3-16(13-19-17)23-15-5-8-18-9-6-15/h3-4,13-15,18H,5-12H2,1-2H3. The van der Waals surface area contributed by atoms with Gasteiger partial charge in [-0.3, -0.25) is 0 Å². The van der Waals surface area contributed by atoms with Crippen LogP contribution in [0.2, 0.25) is 0 Å². The number of aromatic nitrogens is 1. The number of methoxy groups -OCH3 is 1. The van der Waals surface area contributed by atoms with Crippen LogP contribution in [-0.2, 0) is 9.47 Å². The second-order valence-electron chi connectivity index (χ2n) is 5.71. The Morgan fingerprint density at radius 2 is 2.04 bits per heavy atom. The monoisotopic (exact) mass is 324 g/mol. The van der Waals surface area contributed by atoms with Gasteiger partial charge in [0.1, 0.15) is 18.5 Å². The SMILES string of the molecule is COCCC(C)OCCOc1ccc(OC2CCNCC2)cn1. The predicted molar refractivity (Wildman–Crippen MR) is 88.2 cm³/mol. The van der Waals surface area contributed by atoms with Gasteiger partial charge in [-0.05, 0) is 45.3 Å². The third-order valence-electron chi connectivity index (χ3n) is 3.76. The van der Waals surface area contributed by atoms with Crippen molar-refractivity contribution in [3.8, 4) is 11.6 Å². The molecule has 6 heteroatoms. The number of nitrogens with zero attached hydrogens (tertiary/aromatic N) is 1. The Labute approximate surface area is 138 Å². The molecule has 1 aromatic heterocycles. The van der Waals surface area contributed by atoms with E-state index < -0.39 is 0 Å². The van der Waals surface area contributed by atoms with Gasteiger partial charge in [0, 0.05) is 19.8 Å². The van der Waals surface area contributed by atoms with Crippen molar-refractivity contribution in [1.82, 2.24) is 10.3 Å². The van der Waals surface area contributed by atoms with E-state index in [1.165, 1.54) is 0 Å². The van der Waals surface area contributed by atoms with Crippen molar-refractivity contribution in [2.24, 2.45) is 0 Å². The summed E-state index contributed by atoms with van der Waals surface area (Å²) < 4.78 is 22.1. The summed E-state index contributed by atoms with van der Waals surface area (Å²) in [6.45, 7) is 5.80. The van der Waals surface area contributed by atoms with Gasteiger partial charge in [0.15, 0.2) is 0 Å². The van der Waals surface area contributed by atoms with E-state index in [1.54, 1.807) is 13.3 Å². The molecule has 2 heterocycles. The zero-order chi connectivity index (χ0) is 16.3. The zero-order valence-electron chi connectivity index (χ0n) is 14.1. The van der Waals surface area contributed by atoms with E-state index in [4.69, 9.17) is 18.9 Å². The Hall–Kier alpha value is -1.37. The Morgan fingerprint density at radius 1 is 1.22 bits per heavy atom. The molecule has 1 aliphatic rings. The van der Waals surface area contributed by atoms with E-state index >= 15 is 0 Å². The fraction of sp³-hybridized carbons (Fsp3) is 0.706. The average molecular weight is 324 g/mol. The van der Waals surface area contributed by atoms with Crippen LogP contribution in [0.5, 0.6) is 11.6 Å². The van der Waals surface area contributed by atoms with Crippen molar-refractivity contribution in [1.29, 1.82) is 0 Å². The van der Waals surface area contributed by atoms with E-state index in [0.29, 0.717) is 25.7 Å². The fourth-order valence-corrected chi connectivity index (χ4v) is 2.39. The number of rotatable bonds is 10. The first kappa shape index (κ1) is 18.0. The van der Waals surface area contributed by atoms with E-state index in [0.717, 1.165) is 38.1 Å². The van der Waals surface area contributed by atoms with Crippen molar-refractivity contribution in [3.63, 3.8) is 0 Å². The van der Waals surface area contributed by atoms with Crippen LogP contribution < -0.4 is 14.8 Å². The minimum absolute atomic E-state index is 0.173. The normalized spacial score (nSPS) is 17.0. The molecule has 0 saturated carbocycles. The van der Waals surface area contributed by atoms with Gasteiger partial charge in [0.05, 0.1) is 18.9 Å². The third-order valence-corrected chi connectivity index (χ3v) is 3.76. The summed E-state index contributed by atoms with van der Waals surface area (Å²) in [4.78, 5) is 4.27. The summed E-state index contributed by atoms with van der Waals surface area (Å²) in [5.41, 5.74) is 0. The molecule has 130 valence electrons. The first-order valence-corrected chi connectivity index (χ1v) is 8.34. The highest BCUT2D eigenvalue weighted by atomic mass is 16.5. The molecule has 1 aliphatic heterocycles. The molecule has 0 aliphatic carbocycles. The molecule has 0 spiro atoms. The van der Waals surface area contributed by atoms with Crippen molar-refractivity contribution in [3.05, 3.63) is 18.3 Å². The van der Waals surface area contributed by atoms with Crippen molar-refractivity contribution < 1.29 is 18.9 Å². The second kappa shape index (κ2) is 10.4. The maximum absolute atomic E-state index is 5.91. The predicted octanol–water partition coefficient (Wildman–Crippen LogP) is 2.03. The van der Waals surface area contributed by atoms with Crippen LogP contribution in [0.3, 0.4) is 0 Å². The highest BCUT2D eigenvalue weighted by Crippen LogP contribution is 2.18. The van der Waals surface area contributed by atoms with Gasteiger partial charge in [0.25, 0.3) is 0 Å². The summed E-state index contributed by atoms with van der Waals surface area (Å²) in [6.07, 6.45) is 5.14. The molecule has 2 rings (SSSR count). The molecular formula is C17H28N2O4. The molecule has 1 atom stereocenters. The smallest absolute Gasteiger partial charge is 0.213 e. The van der Waals surface area contributed by atoms with Gasteiger partial charge >= 0.3 is 0 Å². The van der Waals surface area contributed by atoms with Crippen LogP contribution in [0.25, 0.3) is 0 Å². The third kappa shape index (κ3) is 7.16. The van der Waals surface area contributed by atoms with Crippen molar-refractivity contribution >= 4 is 0 Å². The molecule has 0 aromatic carbocycles. The Kier molecular flexibility index (Phi) is 8.14. The van der Waals surface area contributed by atoms with E-state index in [9.17, 15) is 0 Å². The minimum atomic E-state index is 0.173. The maximum Gasteiger partial charge on any atom is 0.213 e. The van der Waals surface area contributed by atoms with Gasteiger partial charge in [-0.2, -0.15) is 0 Å². The highest BCUT2D eigenvalue weighted by Gasteiger charge is 2.14. The van der Waals surface area contributed by atoms with Gasteiger partial charge in [-0.15, -0.1) is 0 Å². The van der Waals surface area contributed by atoms with Crippen LogP contribution in [-0.4, -0.2) is 57.2 Å². The molecule has 1 fully saturated rings. The summed E-state index contributed by atoms with van der Waals surface area (Å²) >= 11 is 0. The average Bonchev–Trinajstić information content (AvgIpc) is 2.59. The van der Waals surface area contributed by atoms with Crippen LogP contribution in [0, 0.1) is 0 Å². The topological polar surface area (TPSA) is 61.8 Å². The molecule has 1 N–H and O–H groups in total. The van der Waals surface area contributed by atoms with Crippen LogP contribution in [0.15, 0.2) is 18.3 Å². The molecule has 0 bridgehead atoms. The Bertz CT molecular complexity index is 421. The first-order valence-electron chi connectivity index (χ1n) is 8.34. The number of nitrogens with one attached hydrogen (secondary N) is 1. The van der Waals surface area contributed by atoms with Crippen LogP contribution in [0.4, 0.5) is 0 Å². The lowest BCUT2D eigenvalue weighted by molar-refractivity contribution is 0.0244. The first-order chi connectivity index (χ1) is 11.3. The molecule has 0 radical (unpaired) electrons. The lowest BCUT2D eigenvalue weighted by Gasteiger charge is -2.23. The Morgan fingerprint density at radius 3 is 2.74 bits per heavy atom. The summed E-state index contributed by atoms with van der Waals surface area (Å²) in [7, 11) is 1.69. The molecule has 1 aromatic rings. The number of ether oxygens (including phenoxy) is 4. The van der Waals surface area contributed by atoms with Gasteiger partial charge in [-0.1, -0.05) is 0 Å². The lowest BCUT2D eigenvalue weighted by Crippen LogP contribution is -2.34. The number of hydrogen-bond donors (Lipinski definition) is 1. The molecule has 1 unspecified atom stereocenters. The lowest BCUT2D eigenvalue weighted by atomic mass is 10.1. The quantitative estimate of drug-likeness (QED) is 0.665. The molecular weight excluding hydrogens is 296 g/mol. The minimum Gasteiger partial charge on any atom is -0.489 e. The van der Waals surface area contributed by atoms with E-state index in [1.807, 2.05) is 19.1 Å². The largest absolute Gasteiger partial charge is 0.489 e. The van der Waals surface area contributed by atoms with Crippen LogP contribution in [0.1, 0.15) is 26.2 Å². The molecule has 0 amide bonds. The number of hydrogen-bond acceptors (Lipinski definition) is 6. The summed E-state index contributed by atoms with van der Waals surface area (Å²) in [5.74, 6) is 1.39. The van der Waals surface area contributed by atoms with Crippen molar-refractivity contribution in [2.45, 2.75) is 38.4 Å². The van der Waals surface area contributed by atoms with Gasteiger partial charge in [0.2, 0.25) is 5.88 Å². The van der Waals surface area contributed by atoms with E-state index in [2.05, 4.69) is 10.3 Å². The zero-order valence-corrected chi connectivity index (χ0v) is 14.1. The maximum atomic E-state index is 5.91. The summed E-state index contributed by atoms with van der Waals surface area (Å²) in [6, 6.07) is 3.75.